The highest BCUT2D eigenvalue weighted by atomic mass is 32.2. The van der Waals surface area contributed by atoms with Crippen LogP contribution in [0.4, 0.5) is 0 Å². The van der Waals surface area contributed by atoms with Crippen LogP contribution in [0, 0.1) is 0 Å². The zero-order chi connectivity index (χ0) is 12.2. The number of carbonyl (C=O) groups excluding carboxylic acids is 1. The van der Waals surface area contributed by atoms with E-state index in [1.807, 2.05) is 23.7 Å². The fourth-order valence-corrected chi connectivity index (χ4v) is 3.20. The summed E-state index contributed by atoms with van der Waals surface area (Å²) in [5.74, 6) is 0.280. The van der Waals surface area contributed by atoms with E-state index in [-0.39, 0.29) is 16.7 Å². The molecule has 1 amide bonds. The molecular formula is C12H24N2OS. The van der Waals surface area contributed by atoms with Crippen molar-refractivity contribution in [3.05, 3.63) is 0 Å². The van der Waals surface area contributed by atoms with Gasteiger partial charge in [-0.3, -0.25) is 4.79 Å². The topological polar surface area (TPSA) is 32.3 Å². The Morgan fingerprint density at radius 1 is 1.50 bits per heavy atom. The molecule has 1 N–H and O–H groups in total. The molecule has 0 aromatic rings. The Labute approximate surface area is 103 Å². The summed E-state index contributed by atoms with van der Waals surface area (Å²) in [6.07, 6.45) is 5.35. The average Bonchev–Trinajstić information content (AvgIpc) is 2.67. The van der Waals surface area contributed by atoms with Gasteiger partial charge in [0.25, 0.3) is 0 Å². The number of rotatable bonds is 6. The van der Waals surface area contributed by atoms with Crippen molar-refractivity contribution in [1.82, 2.24) is 10.2 Å². The van der Waals surface area contributed by atoms with Crippen molar-refractivity contribution < 1.29 is 4.79 Å². The molecule has 3 nitrogen and oxygen atoms in total. The molecule has 1 fully saturated rings. The first kappa shape index (κ1) is 13.8. The third-order valence-corrected chi connectivity index (χ3v) is 5.42. The first-order chi connectivity index (χ1) is 7.62. The minimum Gasteiger partial charge on any atom is -0.340 e. The van der Waals surface area contributed by atoms with Crippen LogP contribution in [0.2, 0.25) is 0 Å². The quantitative estimate of drug-likeness (QED) is 0.772. The summed E-state index contributed by atoms with van der Waals surface area (Å²) in [5, 5.41) is 3.09. The van der Waals surface area contributed by atoms with Crippen LogP contribution < -0.4 is 5.32 Å². The van der Waals surface area contributed by atoms with Crippen LogP contribution >= 0.6 is 11.8 Å². The number of amides is 1. The molecule has 0 saturated carbocycles. The predicted octanol–water partition coefficient (Wildman–Crippen LogP) is 1.73. The van der Waals surface area contributed by atoms with Gasteiger partial charge in [0.15, 0.2) is 0 Å². The number of nitrogens with one attached hydrogen (secondary N) is 1. The van der Waals surface area contributed by atoms with Crippen molar-refractivity contribution in [2.45, 2.75) is 43.9 Å². The molecule has 0 aromatic heterocycles. The second-order valence-electron chi connectivity index (χ2n) is 4.48. The standard InChI is InChI=1S/C12H24N2OS/c1-5-12(6-2,16-4)9-14-8-7-10(13-3)11(14)15/h10,13H,5-9H2,1-4H3. The highest BCUT2D eigenvalue weighted by molar-refractivity contribution is 8.00. The lowest BCUT2D eigenvalue weighted by atomic mass is 10.0. The third kappa shape index (κ3) is 2.72. The van der Waals surface area contributed by atoms with Gasteiger partial charge >= 0.3 is 0 Å². The number of carbonyl (C=O) groups is 1. The van der Waals surface area contributed by atoms with Crippen LogP contribution in [0.3, 0.4) is 0 Å². The van der Waals surface area contributed by atoms with Crippen LogP contribution in [0.1, 0.15) is 33.1 Å². The van der Waals surface area contributed by atoms with Crippen LogP contribution in [0.5, 0.6) is 0 Å². The molecular weight excluding hydrogens is 220 g/mol. The summed E-state index contributed by atoms with van der Waals surface area (Å²) in [6.45, 7) is 6.25. The van der Waals surface area contributed by atoms with Crippen LogP contribution in [-0.2, 0) is 4.79 Å². The van der Waals surface area contributed by atoms with Gasteiger partial charge in [-0.1, -0.05) is 13.8 Å². The number of hydrogen-bond donors (Lipinski definition) is 1. The van der Waals surface area contributed by atoms with Crippen molar-refractivity contribution in [2.75, 3.05) is 26.4 Å². The fourth-order valence-electron chi connectivity index (χ4n) is 2.34. The molecule has 0 aliphatic carbocycles. The smallest absolute Gasteiger partial charge is 0.239 e. The molecule has 1 saturated heterocycles. The van der Waals surface area contributed by atoms with Crippen molar-refractivity contribution in [3.63, 3.8) is 0 Å². The molecule has 1 atom stereocenters. The Morgan fingerprint density at radius 3 is 2.50 bits per heavy atom. The lowest BCUT2D eigenvalue weighted by Crippen LogP contribution is -2.43. The molecule has 0 bridgehead atoms. The monoisotopic (exact) mass is 244 g/mol. The maximum Gasteiger partial charge on any atom is 0.239 e. The van der Waals surface area contributed by atoms with E-state index >= 15 is 0 Å². The Morgan fingerprint density at radius 2 is 2.12 bits per heavy atom. The number of likely N-dealkylation sites (tertiary alicyclic amines) is 1. The van der Waals surface area contributed by atoms with Gasteiger partial charge in [-0.25, -0.2) is 0 Å². The van der Waals surface area contributed by atoms with E-state index in [0.717, 1.165) is 32.4 Å². The van der Waals surface area contributed by atoms with Gasteiger partial charge in [0.05, 0.1) is 6.04 Å². The van der Waals surface area contributed by atoms with E-state index in [0.29, 0.717) is 0 Å². The maximum absolute atomic E-state index is 12.0. The lowest BCUT2D eigenvalue weighted by molar-refractivity contribution is -0.129. The molecule has 0 radical (unpaired) electrons. The zero-order valence-corrected chi connectivity index (χ0v) is 11.7. The average molecular weight is 244 g/mol. The van der Waals surface area contributed by atoms with Crippen LogP contribution in [-0.4, -0.2) is 48.0 Å². The molecule has 4 heteroatoms. The van der Waals surface area contributed by atoms with Crippen molar-refractivity contribution >= 4 is 17.7 Å². The number of thioether (sulfide) groups is 1. The molecule has 1 heterocycles. The number of hydrogen-bond acceptors (Lipinski definition) is 3. The van der Waals surface area contributed by atoms with Gasteiger partial charge in [0, 0.05) is 17.8 Å². The summed E-state index contributed by atoms with van der Waals surface area (Å²) in [4.78, 5) is 14.0. The van der Waals surface area contributed by atoms with Gasteiger partial charge < -0.3 is 10.2 Å². The van der Waals surface area contributed by atoms with Gasteiger partial charge in [-0.05, 0) is 32.6 Å². The fraction of sp³-hybridized carbons (Fsp3) is 0.917. The summed E-state index contributed by atoms with van der Waals surface area (Å²) in [6, 6.07) is 0.0493. The van der Waals surface area contributed by atoms with E-state index in [1.54, 1.807) is 0 Å². The predicted molar refractivity (Wildman–Crippen MR) is 70.9 cm³/mol. The van der Waals surface area contributed by atoms with E-state index in [9.17, 15) is 4.79 Å². The largest absolute Gasteiger partial charge is 0.340 e. The molecule has 1 aliphatic heterocycles. The highest BCUT2D eigenvalue weighted by Crippen LogP contribution is 2.32. The van der Waals surface area contributed by atoms with E-state index in [1.165, 1.54) is 0 Å². The van der Waals surface area contributed by atoms with Gasteiger partial charge in [-0.15, -0.1) is 0 Å². The SMILES string of the molecule is CCC(CC)(CN1CCC(NC)C1=O)SC. The summed E-state index contributed by atoms with van der Waals surface area (Å²) >= 11 is 1.90. The second-order valence-corrected chi connectivity index (χ2v) is 5.76. The maximum atomic E-state index is 12.0. The lowest BCUT2D eigenvalue weighted by Gasteiger charge is -2.34. The Kier molecular flexibility index (Phi) is 5.12. The summed E-state index contributed by atoms with van der Waals surface area (Å²) < 4.78 is 0.248. The first-order valence-corrected chi connectivity index (χ1v) is 7.36. The zero-order valence-electron chi connectivity index (χ0n) is 10.9. The molecule has 1 aliphatic rings. The number of nitrogens with zero attached hydrogens (tertiary/aromatic N) is 1. The van der Waals surface area contributed by atoms with Crippen molar-refractivity contribution in [1.29, 1.82) is 0 Å². The molecule has 1 unspecified atom stereocenters. The van der Waals surface area contributed by atoms with Gasteiger partial charge in [0.1, 0.15) is 0 Å². The Hall–Kier alpha value is -0.220. The highest BCUT2D eigenvalue weighted by Gasteiger charge is 2.36. The van der Waals surface area contributed by atoms with E-state index in [2.05, 4.69) is 25.4 Å². The second kappa shape index (κ2) is 5.92. The van der Waals surface area contributed by atoms with E-state index in [4.69, 9.17) is 0 Å². The van der Waals surface area contributed by atoms with Crippen LogP contribution in [0.25, 0.3) is 0 Å². The van der Waals surface area contributed by atoms with E-state index < -0.39 is 0 Å². The normalized spacial score (nSPS) is 21.9. The minimum absolute atomic E-state index is 0.0493. The van der Waals surface area contributed by atoms with Gasteiger partial charge in [-0.2, -0.15) is 11.8 Å². The van der Waals surface area contributed by atoms with Gasteiger partial charge in [0.2, 0.25) is 5.91 Å². The summed E-state index contributed by atoms with van der Waals surface area (Å²) in [5.41, 5.74) is 0. The molecule has 0 spiro atoms. The Balaban J connectivity index is 2.63. The molecule has 94 valence electrons. The molecule has 16 heavy (non-hydrogen) atoms. The van der Waals surface area contributed by atoms with Crippen LogP contribution in [0.15, 0.2) is 0 Å². The minimum atomic E-state index is 0.0493. The Bertz CT molecular complexity index is 233. The number of likely N-dealkylation sites (N-methyl/N-ethyl adjacent to an activating group) is 1. The molecule has 0 aromatic carbocycles. The third-order valence-electron chi connectivity index (χ3n) is 3.85. The molecule has 1 rings (SSSR count). The first-order valence-electron chi connectivity index (χ1n) is 6.13. The van der Waals surface area contributed by atoms with Crippen molar-refractivity contribution in [3.8, 4) is 0 Å². The summed E-state index contributed by atoms with van der Waals surface area (Å²) in [7, 11) is 1.87. The van der Waals surface area contributed by atoms with Crippen molar-refractivity contribution in [2.24, 2.45) is 0 Å².